The van der Waals surface area contributed by atoms with Crippen molar-refractivity contribution in [2.24, 2.45) is 11.7 Å². The SMILES string of the molecule is N[C@@H](CC1CCC1)C(=O)N1CCn2c(nc(-c3ccc(F)cc3)c2Nc2ccc(Cl)cc2)C1. The summed E-state index contributed by atoms with van der Waals surface area (Å²) in [6.07, 6.45) is 4.34. The number of halogens is 2. The average Bonchev–Trinajstić information content (AvgIpc) is 3.15. The summed E-state index contributed by atoms with van der Waals surface area (Å²) in [5.41, 5.74) is 8.64. The topological polar surface area (TPSA) is 76.2 Å². The summed E-state index contributed by atoms with van der Waals surface area (Å²) in [7, 11) is 0. The maximum Gasteiger partial charge on any atom is 0.239 e. The van der Waals surface area contributed by atoms with E-state index in [1.807, 2.05) is 29.2 Å². The summed E-state index contributed by atoms with van der Waals surface area (Å²) in [5, 5.41) is 4.10. The number of nitrogens with one attached hydrogen (secondary N) is 1. The van der Waals surface area contributed by atoms with E-state index in [0.717, 1.165) is 29.3 Å². The maximum atomic E-state index is 13.5. The van der Waals surface area contributed by atoms with E-state index in [4.69, 9.17) is 22.3 Å². The van der Waals surface area contributed by atoms with Gasteiger partial charge in [-0.1, -0.05) is 30.9 Å². The first-order chi connectivity index (χ1) is 16.0. The quantitative estimate of drug-likeness (QED) is 0.538. The van der Waals surface area contributed by atoms with Crippen LogP contribution in [-0.2, 0) is 17.9 Å². The van der Waals surface area contributed by atoms with E-state index in [0.29, 0.717) is 36.3 Å². The Balaban J connectivity index is 1.43. The lowest BCUT2D eigenvalue weighted by Gasteiger charge is -2.33. The van der Waals surface area contributed by atoms with Gasteiger partial charge < -0.3 is 20.5 Å². The zero-order chi connectivity index (χ0) is 22.9. The molecule has 3 N–H and O–H groups in total. The van der Waals surface area contributed by atoms with Crippen LogP contribution in [-0.4, -0.2) is 32.9 Å². The first-order valence-electron chi connectivity index (χ1n) is 11.4. The van der Waals surface area contributed by atoms with E-state index in [9.17, 15) is 9.18 Å². The van der Waals surface area contributed by atoms with Crippen molar-refractivity contribution in [3.05, 3.63) is 65.2 Å². The largest absolute Gasteiger partial charge is 0.340 e. The molecule has 2 aliphatic rings. The molecular weight excluding hydrogens is 441 g/mol. The smallest absolute Gasteiger partial charge is 0.239 e. The minimum absolute atomic E-state index is 0.00769. The summed E-state index contributed by atoms with van der Waals surface area (Å²) in [5.74, 6) is 1.86. The Morgan fingerprint density at radius 1 is 1.15 bits per heavy atom. The van der Waals surface area contributed by atoms with Crippen molar-refractivity contribution in [1.82, 2.24) is 14.5 Å². The first kappa shape index (κ1) is 21.9. The number of nitrogens with zero attached hydrogens (tertiary/aromatic N) is 3. The van der Waals surface area contributed by atoms with Gasteiger partial charge in [-0.05, 0) is 60.9 Å². The van der Waals surface area contributed by atoms with Gasteiger partial charge in [-0.25, -0.2) is 9.37 Å². The Morgan fingerprint density at radius 3 is 2.55 bits per heavy atom. The van der Waals surface area contributed by atoms with Crippen LogP contribution in [0.15, 0.2) is 48.5 Å². The fourth-order valence-electron chi connectivity index (χ4n) is 4.55. The Bertz CT molecular complexity index is 1140. The minimum atomic E-state index is -0.458. The zero-order valence-electron chi connectivity index (χ0n) is 18.3. The maximum absolute atomic E-state index is 13.5. The molecule has 1 aromatic heterocycles. The summed E-state index contributed by atoms with van der Waals surface area (Å²) in [4.78, 5) is 19.7. The van der Waals surface area contributed by atoms with Gasteiger partial charge in [0.25, 0.3) is 0 Å². The van der Waals surface area contributed by atoms with E-state index in [2.05, 4.69) is 9.88 Å². The standard InChI is InChI=1S/C25H27ClFN5O/c26-18-6-10-20(11-7-18)29-24-23(17-4-8-19(27)9-5-17)30-22-15-31(12-13-32(22)24)25(33)21(28)14-16-2-1-3-16/h4-11,16,21,29H,1-3,12-15,28H2/t21-/m0/s1. The van der Waals surface area contributed by atoms with Gasteiger partial charge in [0.15, 0.2) is 0 Å². The molecule has 6 nitrogen and oxygen atoms in total. The van der Waals surface area contributed by atoms with E-state index < -0.39 is 6.04 Å². The number of carbonyl (C=O) groups excluding carboxylic acids is 1. The molecule has 1 saturated carbocycles. The molecule has 5 rings (SSSR count). The molecule has 1 atom stereocenters. The highest BCUT2D eigenvalue weighted by Crippen LogP contribution is 2.34. The number of carbonyl (C=O) groups is 1. The van der Waals surface area contributed by atoms with Gasteiger partial charge in [0.1, 0.15) is 23.2 Å². The number of benzene rings is 2. The number of amides is 1. The molecule has 1 aliphatic heterocycles. The van der Waals surface area contributed by atoms with Crippen LogP contribution in [0.5, 0.6) is 0 Å². The van der Waals surface area contributed by atoms with Crippen molar-refractivity contribution in [1.29, 1.82) is 0 Å². The summed E-state index contributed by atoms with van der Waals surface area (Å²) < 4.78 is 15.6. The molecule has 0 unspecified atom stereocenters. The van der Waals surface area contributed by atoms with Crippen LogP contribution in [0.25, 0.3) is 11.3 Å². The molecule has 0 spiro atoms. The van der Waals surface area contributed by atoms with Crippen molar-refractivity contribution in [2.75, 3.05) is 11.9 Å². The van der Waals surface area contributed by atoms with Crippen LogP contribution < -0.4 is 11.1 Å². The van der Waals surface area contributed by atoms with Gasteiger partial charge in [-0.3, -0.25) is 4.79 Å². The number of nitrogens with two attached hydrogens (primary N) is 1. The highest BCUT2D eigenvalue weighted by molar-refractivity contribution is 6.30. The van der Waals surface area contributed by atoms with E-state index in [1.165, 1.54) is 31.4 Å². The Kier molecular flexibility index (Phi) is 6.08. The average molecular weight is 468 g/mol. The van der Waals surface area contributed by atoms with Crippen LogP contribution >= 0.6 is 11.6 Å². The monoisotopic (exact) mass is 467 g/mol. The fraction of sp³-hybridized carbons (Fsp3) is 0.360. The molecule has 1 aliphatic carbocycles. The lowest BCUT2D eigenvalue weighted by atomic mass is 9.81. The summed E-state index contributed by atoms with van der Waals surface area (Å²) in [6.45, 7) is 1.56. The minimum Gasteiger partial charge on any atom is -0.340 e. The Morgan fingerprint density at radius 2 is 1.88 bits per heavy atom. The van der Waals surface area contributed by atoms with Crippen molar-refractivity contribution in [3.63, 3.8) is 0 Å². The van der Waals surface area contributed by atoms with Gasteiger partial charge in [0.2, 0.25) is 5.91 Å². The van der Waals surface area contributed by atoms with Crippen molar-refractivity contribution >= 4 is 29.0 Å². The lowest BCUT2D eigenvalue weighted by molar-refractivity contribution is -0.134. The Labute approximate surface area is 197 Å². The van der Waals surface area contributed by atoms with Crippen molar-refractivity contribution in [3.8, 4) is 11.3 Å². The van der Waals surface area contributed by atoms with E-state index in [-0.39, 0.29) is 11.7 Å². The third-order valence-corrected chi connectivity index (χ3v) is 6.89. The normalized spacial score (nSPS) is 16.8. The second-order valence-electron chi connectivity index (χ2n) is 8.91. The van der Waals surface area contributed by atoms with Crippen LogP contribution in [0, 0.1) is 11.7 Å². The van der Waals surface area contributed by atoms with Gasteiger partial charge in [0.05, 0.1) is 12.6 Å². The number of aromatic nitrogens is 2. The highest BCUT2D eigenvalue weighted by atomic mass is 35.5. The summed E-state index contributed by atoms with van der Waals surface area (Å²) >= 11 is 6.04. The first-order valence-corrected chi connectivity index (χ1v) is 11.8. The fourth-order valence-corrected chi connectivity index (χ4v) is 4.67. The molecule has 2 aromatic carbocycles. The molecule has 0 bridgehead atoms. The van der Waals surface area contributed by atoms with E-state index >= 15 is 0 Å². The van der Waals surface area contributed by atoms with Gasteiger partial charge in [-0.2, -0.15) is 0 Å². The van der Waals surface area contributed by atoms with Crippen LogP contribution in [0.1, 0.15) is 31.5 Å². The number of rotatable bonds is 6. The zero-order valence-corrected chi connectivity index (χ0v) is 19.1. The third-order valence-electron chi connectivity index (χ3n) is 6.64. The van der Waals surface area contributed by atoms with Gasteiger partial charge >= 0.3 is 0 Å². The van der Waals surface area contributed by atoms with Gasteiger partial charge in [-0.15, -0.1) is 0 Å². The second-order valence-corrected chi connectivity index (χ2v) is 9.35. The molecule has 1 fully saturated rings. The third kappa shape index (κ3) is 4.61. The molecule has 1 amide bonds. The predicted octanol–water partition coefficient (Wildman–Crippen LogP) is 4.95. The molecule has 33 heavy (non-hydrogen) atoms. The number of fused-ring (bicyclic) bond motifs is 1. The van der Waals surface area contributed by atoms with Gasteiger partial charge in [0, 0.05) is 29.4 Å². The lowest BCUT2D eigenvalue weighted by Crippen LogP contribution is -2.48. The second kappa shape index (κ2) is 9.15. The van der Waals surface area contributed by atoms with Crippen molar-refractivity contribution < 1.29 is 9.18 Å². The molecule has 3 aromatic rings. The molecule has 8 heteroatoms. The number of hydrogen-bond acceptors (Lipinski definition) is 4. The van der Waals surface area contributed by atoms with Crippen LogP contribution in [0.3, 0.4) is 0 Å². The predicted molar refractivity (Wildman–Crippen MR) is 128 cm³/mol. The molecule has 0 saturated heterocycles. The molecule has 2 heterocycles. The van der Waals surface area contributed by atoms with Crippen molar-refractivity contribution in [2.45, 2.75) is 44.8 Å². The number of anilines is 2. The molecule has 0 radical (unpaired) electrons. The highest BCUT2D eigenvalue weighted by Gasteiger charge is 2.31. The molecular formula is C25H27ClFN5O. The number of imidazole rings is 1. The van der Waals surface area contributed by atoms with E-state index in [1.54, 1.807) is 12.1 Å². The van der Waals surface area contributed by atoms with Crippen LogP contribution in [0.2, 0.25) is 5.02 Å². The van der Waals surface area contributed by atoms with Crippen LogP contribution in [0.4, 0.5) is 15.9 Å². The number of hydrogen-bond donors (Lipinski definition) is 2. The Hall–Kier alpha value is -2.90. The molecule has 172 valence electrons. The summed E-state index contributed by atoms with van der Waals surface area (Å²) in [6, 6.07) is 13.3.